The molecule has 0 amide bonds. The molecule has 0 bridgehead atoms. The molecule has 3 nitrogen and oxygen atoms in total. The van der Waals surface area contributed by atoms with E-state index in [1.807, 2.05) is 26.0 Å². The van der Waals surface area contributed by atoms with Crippen LogP contribution < -0.4 is 0 Å². The second kappa shape index (κ2) is 4.85. The topological polar surface area (TPSA) is 43.4 Å². The fourth-order valence-corrected chi connectivity index (χ4v) is 2.88. The zero-order valence-corrected chi connectivity index (χ0v) is 12.3. The highest BCUT2D eigenvalue weighted by atomic mass is 79.9. The normalized spacial score (nSPS) is 23.4. The van der Waals surface area contributed by atoms with E-state index >= 15 is 0 Å². The number of hydrogen-bond donors (Lipinski definition) is 0. The smallest absolute Gasteiger partial charge is 0.234 e. The van der Waals surface area contributed by atoms with Gasteiger partial charge < -0.3 is 4.74 Å². The van der Waals surface area contributed by atoms with E-state index in [1.165, 1.54) is 0 Å². The third-order valence-corrected chi connectivity index (χ3v) is 5.10. The number of carbonyl (C=O) groups is 2. The van der Waals surface area contributed by atoms with Crippen molar-refractivity contribution in [3.05, 3.63) is 41.0 Å². The van der Waals surface area contributed by atoms with Crippen molar-refractivity contribution in [3.63, 3.8) is 0 Å². The number of rotatable bonds is 0. The number of fused-ring (bicyclic) bond motifs is 2. The van der Waals surface area contributed by atoms with E-state index in [-0.39, 0.29) is 12.3 Å². The Morgan fingerprint density at radius 3 is 2.40 bits per heavy atom. The molecular formula is C16H17BrO3. The number of carbonyl (C=O) groups excluding carboxylic acids is 2. The molecule has 3 rings (SSSR count). The van der Waals surface area contributed by atoms with Crippen molar-refractivity contribution in [1.82, 2.24) is 0 Å². The molecule has 0 spiro atoms. The minimum atomic E-state index is -0.436. The monoisotopic (exact) mass is 336 g/mol. The zero-order valence-electron chi connectivity index (χ0n) is 10.7. The molecule has 0 N–H and O–H groups in total. The van der Waals surface area contributed by atoms with E-state index in [2.05, 4.69) is 15.9 Å². The highest BCUT2D eigenvalue weighted by Gasteiger charge is 2.43. The molecule has 1 atom stereocenters. The van der Waals surface area contributed by atoms with Crippen LogP contribution in [0.15, 0.2) is 29.8 Å². The summed E-state index contributed by atoms with van der Waals surface area (Å²) in [4.78, 5) is 24.3. The Morgan fingerprint density at radius 1 is 1.15 bits per heavy atom. The molecule has 0 fully saturated rings. The van der Waals surface area contributed by atoms with Crippen molar-refractivity contribution in [2.45, 2.75) is 38.1 Å². The number of allylic oxidation sites excluding steroid dienone is 1. The number of alkyl halides is 1. The molecular weight excluding hydrogens is 320 g/mol. The average molecular weight is 337 g/mol. The molecule has 0 saturated carbocycles. The Labute approximate surface area is 127 Å². The van der Waals surface area contributed by atoms with E-state index in [0.29, 0.717) is 23.3 Å². The van der Waals surface area contributed by atoms with Gasteiger partial charge in [-0.15, -0.1) is 0 Å². The van der Waals surface area contributed by atoms with Gasteiger partial charge in [0.15, 0.2) is 0 Å². The molecule has 4 heteroatoms. The number of ketones is 2. The van der Waals surface area contributed by atoms with Crippen molar-refractivity contribution < 1.29 is 14.3 Å². The van der Waals surface area contributed by atoms with Crippen molar-refractivity contribution in [3.8, 4) is 0 Å². The number of Topliss-reactive ketones (excluding diaryl/α,β-unsaturated/α-hetero) is 2. The molecule has 20 heavy (non-hydrogen) atoms. The third-order valence-electron chi connectivity index (χ3n) is 3.67. The van der Waals surface area contributed by atoms with Crippen LogP contribution in [0.3, 0.4) is 0 Å². The highest BCUT2D eigenvalue weighted by molar-refractivity contribution is 9.09. The van der Waals surface area contributed by atoms with Gasteiger partial charge >= 0.3 is 0 Å². The quantitative estimate of drug-likeness (QED) is 0.535. The summed E-state index contributed by atoms with van der Waals surface area (Å²) >= 11 is 3.54. The SMILES string of the molecule is C.CC1(C)OC2=C(CC1Br)C(=O)C(=O)c1ccccc12. The maximum absolute atomic E-state index is 12.2. The van der Waals surface area contributed by atoms with Crippen LogP contribution in [-0.4, -0.2) is 22.0 Å². The van der Waals surface area contributed by atoms with Gasteiger partial charge in [0.25, 0.3) is 0 Å². The molecule has 2 aliphatic rings. The van der Waals surface area contributed by atoms with Gasteiger partial charge in [-0.05, 0) is 20.3 Å². The van der Waals surface area contributed by atoms with Crippen LogP contribution in [0.1, 0.15) is 43.6 Å². The van der Waals surface area contributed by atoms with Crippen molar-refractivity contribution in [2.75, 3.05) is 0 Å². The molecule has 1 heterocycles. The fraction of sp³-hybridized carbons (Fsp3) is 0.375. The minimum absolute atomic E-state index is 0. The first kappa shape index (κ1) is 15.0. The second-order valence-electron chi connectivity index (χ2n) is 5.39. The van der Waals surface area contributed by atoms with Crippen LogP contribution in [0.25, 0.3) is 5.76 Å². The lowest BCUT2D eigenvalue weighted by Gasteiger charge is -2.39. The molecule has 0 saturated heterocycles. The maximum atomic E-state index is 12.2. The van der Waals surface area contributed by atoms with E-state index < -0.39 is 17.2 Å². The Hall–Kier alpha value is -1.42. The first-order valence-electron chi connectivity index (χ1n) is 6.16. The first-order valence-corrected chi connectivity index (χ1v) is 7.08. The standard InChI is InChI=1S/C15H13BrO3.CH4/c1-15(2)11(16)7-10-13(18)12(17)8-5-3-4-6-9(8)14(10)19-15;/h3-6,11H,7H2,1-2H3;1H4. The summed E-state index contributed by atoms with van der Waals surface area (Å²) in [5, 5.41) is 0. The van der Waals surface area contributed by atoms with Crippen LogP contribution >= 0.6 is 15.9 Å². The maximum Gasteiger partial charge on any atom is 0.234 e. The summed E-state index contributed by atoms with van der Waals surface area (Å²) in [6.07, 6.45) is 0.515. The zero-order chi connectivity index (χ0) is 13.8. The minimum Gasteiger partial charge on any atom is -0.486 e. The van der Waals surface area contributed by atoms with Gasteiger partial charge in [-0.25, -0.2) is 0 Å². The number of benzene rings is 1. The molecule has 0 aromatic heterocycles. The summed E-state index contributed by atoms with van der Waals surface area (Å²) in [6.45, 7) is 3.94. The van der Waals surface area contributed by atoms with Gasteiger partial charge in [0.1, 0.15) is 11.4 Å². The largest absolute Gasteiger partial charge is 0.486 e. The Kier molecular flexibility index (Phi) is 3.63. The molecule has 1 aliphatic heterocycles. The van der Waals surface area contributed by atoms with E-state index in [1.54, 1.807) is 12.1 Å². The Balaban J connectivity index is 0.00000147. The van der Waals surface area contributed by atoms with Crippen LogP contribution in [0.5, 0.6) is 0 Å². The fourth-order valence-electron chi connectivity index (χ4n) is 2.46. The third kappa shape index (κ3) is 2.03. The highest BCUT2D eigenvalue weighted by Crippen LogP contribution is 2.43. The van der Waals surface area contributed by atoms with Gasteiger partial charge in [0, 0.05) is 16.7 Å². The van der Waals surface area contributed by atoms with Crippen molar-refractivity contribution in [1.29, 1.82) is 0 Å². The number of hydrogen-bond acceptors (Lipinski definition) is 3. The molecule has 1 unspecified atom stereocenters. The van der Waals surface area contributed by atoms with E-state index in [0.717, 1.165) is 5.56 Å². The lowest BCUT2D eigenvalue weighted by Crippen LogP contribution is -2.42. The molecule has 0 radical (unpaired) electrons. The second-order valence-corrected chi connectivity index (χ2v) is 6.49. The summed E-state index contributed by atoms with van der Waals surface area (Å²) in [6, 6.07) is 7.12. The number of ether oxygens (including phenoxy) is 1. The Morgan fingerprint density at radius 2 is 1.75 bits per heavy atom. The lowest BCUT2D eigenvalue weighted by atomic mass is 9.82. The van der Waals surface area contributed by atoms with Crippen LogP contribution in [0.2, 0.25) is 0 Å². The lowest BCUT2D eigenvalue weighted by molar-refractivity contribution is -0.112. The Bertz CT molecular complexity index is 628. The summed E-state index contributed by atoms with van der Waals surface area (Å²) < 4.78 is 5.99. The van der Waals surface area contributed by atoms with E-state index in [9.17, 15) is 9.59 Å². The van der Waals surface area contributed by atoms with Gasteiger partial charge in [-0.2, -0.15) is 0 Å². The van der Waals surface area contributed by atoms with Gasteiger partial charge in [-0.1, -0.05) is 47.6 Å². The van der Waals surface area contributed by atoms with Gasteiger partial charge in [-0.3, -0.25) is 9.59 Å². The van der Waals surface area contributed by atoms with Crippen molar-refractivity contribution >= 4 is 33.3 Å². The molecule has 106 valence electrons. The first-order chi connectivity index (χ1) is 8.92. The van der Waals surface area contributed by atoms with E-state index in [4.69, 9.17) is 4.74 Å². The molecule has 1 aromatic rings. The van der Waals surface area contributed by atoms with Gasteiger partial charge in [0.2, 0.25) is 11.6 Å². The average Bonchev–Trinajstić information content (AvgIpc) is 2.38. The number of halogens is 1. The molecule has 1 aliphatic carbocycles. The predicted octanol–water partition coefficient (Wildman–Crippen LogP) is 3.76. The predicted molar refractivity (Wildman–Crippen MR) is 81.9 cm³/mol. The van der Waals surface area contributed by atoms with Crippen LogP contribution in [0, 0.1) is 0 Å². The summed E-state index contributed by atoms with van der Waals surface area (Å²) in [5.41, 5.74) is 1.25. The van der Waals surface area contributed by atoms with Crippen LogP contribution in [-0.2, 0) is 9.53 Å². The summed E-state index contributed by atoms with van der Waals surface area (Å²) in [5.74, 6) is -0.299. The van der Waals surface area contributed by atoms with Gasteiger partial charge in [0.05, 0.1) is 4.83 Å². The van der Waals surface area contributed by atoms with Crippen molar-refractivity contribution in [2.24, 2.45) is 0 Å². The summed E-state index contributed by atoms with van der Waals surface area (Å²) in [7, 11) is 0. The molecule has 1 aromatic carbocycles. The van der Waals surface area contributed by atoms with Crippen LogP contribution in [0.4, 0.5) is 0 Å².